The maximum atomic E-state index is 13.6. The third-order valence-corrected chi connectivity index (χ3v) is 5.04. The minimum atomic E-state index is -9.84. The second kappa shape index (κ2) is 9.80. The molecule has 0 heterocycles. The smallest absolute Gasteiger partial charge is 0.423 e. The molecular formula is C13H2BF27O2. The van der Waals surface area contributed by atoms with E-state index in [0.717, 1.165) is 0 Å². The minimum absolute atomic E-state index is 5.39. The van der Waals surface area contributed by atoms with Crippen LogP contribution >= 0.6 is 0 Å². The lowest BCUT2D eigenvalue weighted by Crippen LogP contribution is -2.79. The van der Waals surface area contributed by atoms with Crippen LogP contribution in [0, 0.1) is 0 Å². The third-order valence-electron chi connectivity index (χ3n) is 5.04. The Morgan fingerprint density at radius 2 is 0.372 bits per heavy atom. The van der Waals surface area contributed by atoms with Crippen LogP contribution in [-0.2, 0) is 0 Å². The molecule has 0 aliphatic rings. The first-order chi connectivity index (χ1) is 17.9. The summed E-state index contributed by atoms with van der Waals surface area (Å²) in [4.78, 5) is 0. The highest BCUT2D eigenvalue weighted by molar-refractivity contribution is 6.44. The largest absolute Gasteiger partial charge is 0.536 e. The van der Waals surface area contributed by atoms with Gasteiger partial charge in [-0.3, -0.25) is 0 Å². The summed E-state index contributed by atoms with van der Waals surface area (Å²) in [7, 11) is -5.39. The fourth-order valence-electron chi connectivity index (χ4n) is 2.32. The lowest BCUT2D eigenvalue weighted by atomic mass is 9.73. The van der Waals surface area contributed by atoms with Crippen molar-refractivity contribution < 1.29 is 129 Å². The summed E-state index contributed by atoms with van der Waals surface area (Å²) in [6.07, 6.45) is -8.26. The normalized spacial score (nSPS) is 17.0. The van der Waals surface area contributed by atoms with Gasteiger partial charge >= 0.3 is 84.3 Å². The van der Waals surface area contributed by atoms with Crippen molar-refractivity contribution in [2.45, 2.75) is 77.1 Å². The molecule has 0 aromatic heterocycles. The van der Waals surface area contributed by atoms with E-state index < -0.39 is 84.3 Å². The quantitative estimate of drug-likeness (QED) is 0.166. The van der Waals surface area contributed by atoms with Crippen molar-refractivity contribution in [1.82, 2.24) is 0 Å². The van der Waals surface area contributed by atoms with Crippen LogP contribution in [0.25, 0.3) is 0 Å². The molecule has 0 saturated carbocycles. The minimum Gasteiger partial charge on any atom is -0.423 e. The molecule has 0 aromatic rings. The molecule has 0 bridgehead atoms. The van der Waals surface area contributed by atoms with Crippen molar-refractivity contribution in [3.63, 3.8) is 0 Å². The van der Waals surface area contributed by atoms with Gasteiger partial charge in [0, 0.05) is 0 Å². The SMILES string of the molecule is OB(O)C(F)(F)C(F)(F)C(F)(F)C(F)(F)C(F)(F)C(F)(F)C(F)(F)C(F)(F)C(F)(F)C(F)(F)C(F)(F)C(F)(F)C(F)(F)F. The average molecular weight is 714 g/mol. The Morgan fingerprint density at radius 3 is 0.512 bits per heavy atom. The van der Waals surface area contributed by atoms with Crippen molar-refractivity contribution in [3.8, 4) is 0 Å². The molecular weight excluding hydrogens is 712 g/mol. The van der Waals surface area contributed by atoms with Gasteiger partial charge in [-0.25, -0.2) is 8.78 Å². The maximum absolute atomic E-state index is 13.6. The van der Waals surface area contributed by atoms with Crippen molar-refractivity contribution in [1.29, 1.82) is 0 Å². The van der Waals surface area contributed by atoms with Crippen LogP contribution in [0.15, 0.2) is 0 Å². The molecule has 0 amide bonds. The van der Waals surface area contributed by atoms with E-state index in [0.29, 0.717) is 0 Å². The van der Waals surface area contributed by atoms with E-state index in [4.69, 9.17) is 10.0 Å². The predicted molar refractivity (Wildman–Crippen MR) is 75.6 cm³/mol. The van der Waals surface area contributed by atoms with Gasteiger partial charge in [0.25, 0.3) is 0 Å². The van der Waals surface area contributed by atoms with Gasteiger partial charge < -0.3 is 10.0 Å². The highest BCUT2D eigenvalue weighted by Gasteiger charge is 3.00. The summed E-state index contributed by atoms with van der Waals surface area (Å²) >= 11 is 0. The molecule has 2 nitrogen and oxygen atoms in total. The summed E-state index contributed by atoms with van der Waals surface area (Å²) in [5.41, 5.74) is 0. The van der Waals surface area contributed by atoms with Gasteiger partial charge in [-0.05, 0) is 0 Å². The van der Waals surface area contributed by atoms with E-state index >= 15 is 0 Å². The van der Waals surface area contributed by atoms with Gasteiger partial charge in [0.2, 0.25) is 0 Å². The van der Waals surface area contributed by atoms with Crippen LogP contribution in [0.5, 0.6) is 0 Å². The predicted octanol–water partition coefficient (Wildman–Crippen LogP) is 7.18. The molecule has 0 saturated heterocycles. The molecule has 0 fully saturated rings. The van der Waals surface area contributed by atoms with Crippen LogP contribution in [0.3, 0.4) is 0 Å². The van der Waals surface area contributed by atoms with Gasteiger partial charge in [0.05, 0.1) is 0 Å². The molecule has 30 heteroatoms. The Labute approximate surface area is 214 Å². The molecule has 0 rings (SSSR count). The molecule has 0 aliphatic heterocycles. The van der Waals surface area contributed by atoms with E-state index in [1.807, 2.05) is 0 Å². The summed E-state index contributed by atoms with van der Waals surface area (Å²) < 4.78 is 355. The highest BCUT2D eigenvalue weighted by Crippen LogP contribution is 2.68. The number of hydrogen-bond acceptors (Lipinski definition) is 2. The average Bonchev–Trinajstić information content (AvgIpc) is 2.76. The summed E-state index contributed by atoms with van der Waals surface area (Å²) in [6, 6.07) is 0. The number of hydrogen-bond donors (Lipinski definition) is 2. The van der Waals surface area contributed by atoms with Crippen LogP contribution in [0.1, 0.15) is 0 Å². The van der Waals surface area contributed by atoms with E-state index in [2.05, 4.69) is 0 Å². The third kappa shape index (κ3) is 4.63. The van der Waals surface area contributed by atoms with Gasteiger partial charge in [0.15, 0.2) is 0 Å². The van der Waals surface area contributed by atoms with Gasteiger partial charge in [0.1, 0.15) is 0 Å². The van der Waals surface area contributed by atoms with Crippen molar-refractivity contribution in [2.24, 2.45) is 0 Å². The second-order valence-corrected chi connectivity index (χ2v) is 7.81. The first-order valence-electron chi connectivity index (χ1n) is 8.91. The number of halogens is 27. The number of rotatable bonds is 12. The van der Waals surface area contributed by atoms with Gasteiger partial charge in [-0.2, -0.15) is 110 Å². The van der Waals surface area contributed by atoms with Crippen LogP contribution in [0.4, 0.5) is 119 Å². The van der Waals surface area contributed by atoms with Crippen LogP contribution in [-0.4, -0.2) is 94.3 Å². The lowest BCUT2D eigenvalue weighted by molar-refractivity contribution is -0.484. The van der Waals surface area contributed by atoms with Crippen molar-refractivity contribution in [2.75, 3.05) is 0 Å². The Hall–Kier alpha value is -1.91. The molecule has 0 unspecified atom stereocenters. The summed E-state index contributed by atoms with van der Waals surface area (Å²) in [6.45, 7) is 0. The Kier molecular flexibility index (Phi) is 9.36. The fourth-order valence-corrected chi connectivity index (χ4v) is 2.32. The maximum Gasteiger partial charge on any atom is 0.536 e. The standard InChI is InChI=1S/C13H2BF27O2/c15-1(16,3(19,20)5(23,24)7(27,28)9(31,32)11(35,36)13(39,40)41)2(17,18)4(21,22)6(25,26)8(29,30)10(33,34)12(37,38)14(42)43/h42-43H. The topological polar surface area (TPSA) is 40.5 Å². The molecule has 43 heavy (non-hydrogen) atoms. The zero-order valence-electron chi connectivity index (χ0n) is 18.2. The van der Waals surface area contributed by atoms with Gasteiger partial charge in [-0.15, -0.1) is 0 Å². The molecule has 258 valence electrons. The van der Waals surface area contributed by atoms with Gasteiger partial charge in [-0.1, -0.05) is 0 Å². The molecule has 0 radical (unpaired) electrons. The van der Waals surface area contributed by atoms with E-state index in [1.54, 1.807) is 0 Å². The Balaban J connectivity index is 7.47. The first kappa shape index (κ1) is 41.1. The van der Waals surface area contributed by atoms with Crippen LogP contribution in [0.2, 0.25) is 0 Å². The molecule has 2 N–H and O–H groups in total. The van der Waals surface area contributed by atoms with E-state index in [-0.39, 0.29) is 0 Å². The highest BCUT2D eigenvalue weighted by atomic mass is 19.4. The molecule has 0 atom stereocenters. The van der Waals surface area contributed by atoms with E-state index in [9.17, 15) is 119 Å². The zero-order chi connectivity index (χ0) is 36.1. The Morgan fingerprint density at radius 1 is 0.233 bits per heavy atom. The summed E-state index contributed by atoms with van der Waals surface area (Å²) in [5.74, 6) is -111. The Bertz CT molecular complexity index is 1020. The zero-order valence-corrected chi connectivity index (χ0v) is 18.2. The van der Waals surface area contributed by atoms with E-state index in [1.165, 1.54) is 0 Å². The second-order valence-electron chi connectivity index (χ2n) is 7.81. The number of alkyl halides is 27. The molecule has 0 spiro atoms. The summed E-state index contributed by atoms with van der Waals surface area (Å²) in [5, 5.41) is 15.7. The first-order valence-corrected chi connectivity index (χ1v) is 8.91. The lowest BCUT2D eigenvalue weighted by Gasteiger charge is -2.46. The van der Waals surface area contributed by atoms with Crippen LogP contribution < -0.4 is 0 Å². The fraction of sp³-hybridized carbons (Fsp3) is 1.00. The monoisotopic (exact) mass is 714 g/mol. The van der Waals surface area contributed by atoms with Crippen molar-refractivity contribution in [3.05, 3.63) is 0 Å². The molecule has 0 aromatic carbocycles. The molecule has 0 aliphatic carbocycles. The van der Waals surface area contributed by atoms with Crippen molar-refractivity contribution >= 4 is 7.12 Å².